The van der Waals surface area contributed by atoms with Gasteiger partial charge in [0.05, 0.1) is 98.2 Å². The van der Waals surface area contributed by atoms with E-state index in [0.29, 0.717) is 119 Å². The van der Waals surface area contributed by atoms with Gasteiger partial charge in [-0.1, -0.05) is 72.8 Å². The van der Waals surface area contributed by atoms with E-state index in [2.05, 4.69) is 19.9 Å². The highest BCUT2D eigenvalue weighted by Crippen LogP contribution is 2.45. The van der Waals surface area contributed by atoms with Crippen LogP contribution in [-0.4, -0.2) is 172 Å². The Hall–Kier alpha value is -16.2. The Morgan fingerprint density at radius 3 is 0.940 bits per heavy atom. The van der Waals surface area contributed by atoms with E-state index < -0.39 is 72.5 Å². The van der Waals surface area contributed by atoms with E-state index in [1.807, 2.05) is 150 Å². The average molecular weight is 2030 g/mol. The number of hydrogen-bond donors (Lipinski definition) is 4. The number of ether oxygens (including phenoxy) is 15. The van der Waals surface area contributed by atoms with Gasteiger partial charge in [-0.05, 0) is 321 Å². The zero-order valence-electron chi connectivity index (χ0n) is 86.1. The Balaban J connectivity index is 0.558. The normalized spacial score (nSPS) is 14.7. The third-order valence-corrected chi connectivity index (χ3v) is 25.9. The van der Waals surface area contributed by atoms with Crippen molar-refractivity contribution >= 4 is 118 Å². The van der Waals surface area contributed by atoms with E-state index in [9.17, 15) is 47.9 Å². The molecule has 4 aromatic heterocycles. The van der Waals surface area contributed by atoms with Crippen LogP contribution in [0.2, 0.25) is 0 Å². The van der Waals surface area contributed by atoms with Crippen molar-refractivity contribution in [1.82, 2.24) is 19.9 Å². The van der Waals surface area contributed by atoms with Gasteiger partial charge in [-0.3, -0.25) is 19.2 Å². The van der Waals surface area contributed by atoms with Crippen LogP contribution in [0.3, 0.4) is 0 Å². The number of fused-ring (bicyclic) bond motifs is 4. The molecule has 33 heteroatoms. The molecule has 0 saturated heterocycles. The van der Waals surface area contributed by atoms with Gasteiger partial charge < -0.3 is 91.0 Å². The van der Waals surface area contributed by atoms with Gasteiger partial charge in [0, 0.05) is 68.7 Å². The van der Waals surface area contributed by atoms with Crippen LogP contribution in [0.25, 0.3) is 34.9 Å². The molecule has 3 atom stereocenters. The lowest BCUT2D eigenvalue weighted by atomic mass is 9.95. The number of rotatable bonds is 39. The number of nitrogens with zero attached hydrogens (tertiary/aromatic N) is 4. The van der Waals surface area contributed by atoms with Crippen molar-refractivity contribution in [1.29, 1.82) is 0 Å². The number of anilines is 4. The van der Waals surface area contributed by atoms with Crippen LogP contribution in [0, 0.1) is 111 Å². The van der Waals surface area contributed by atoms with Crippen molar-refractivity contribution in [2.75, 3.05) is 98.9 Å². The fourth-order valence-corrected chi connectivity index (χ4v) is 19.3. The van der Waals surface area contributed by atoms with Crippen molar-refractivity contribution < 1.29 is 119 Å². The Morgan fingerprint density at radius 2 is 0.611 bits per heavy atom. The SMILES string of the molecule is Cc1cc(C)c(/C=C2\C(=O)N(C(=O)OCc3cc(C)c(OCCOCC(COCC(COCCOc4c(C)cc(COC(=O)N5C(=O)C(Cc6[nH]c(C)cc6C)c6ccccc65)cc4C)OCCOC(=O)Oc4c(C)cc(COC(=O)N5C(=O)/C(=C\c6[nH]c(C)cc6C)c6ccccc65)cc4C)OCCOC(=O)Oc4c(C)cc(COC(=O)N5C(=O)/C(=C\c6[nH]c(C)cc6C)c6ccccc65)cc4C)c(C)c3)c3ccccc32)[nH]1. The van der Waals surface area contributed by atoms with E-state index in [0.717, 1.165) is 115 Å². The summed E-state index contributed by atoms with van der Waals surface area (Å²) in [6.45, 7) is 28.1. The van der Waals surface area contributed by atoms with Gasteiger partial charge >= 0.3 is 36.7 Å². The number of hydrogen-bond acceptors (Lipinski definition) is 25. The van der Waals surface area contributed by atoms with Crippen LogP contribution < -0.4 is 38.5 Å². The van der Waals surface area contributed by atoms with Gasteiger partial charge in [0.15, 0.2) is 0 Å². The van der Waals surface area contributed by atoms with Gasteiger partial charge in [0.25, 0.3) is 17.7 Å². The highest BCUT2D eigenvalue weighted by Gasteiger charge is 2.45. The van der Waals surface area contributed by atoms with E-state index in [-0.39, 0.29) is 123 Å². The molecule has 0 saturated carbocycles. The van der Waals surface area contributed by atoms with Crippen molar-refractivity contribution in [2.45, 2.75) is 162 Å². The molecular formula is C116H120N8O25. The predicted octanol–water partition coefficient (Wildman–Crippen LogP) is 21.3. The number of H-pyrrole nitrogens is 4. The zero-order valence-corrected chi connectivity index (χ0v) is 86.1. The molecule has 0 radical (unpaired) electrons. The first kappa shape index (κ1) is 106. The minimum absolute atomic E-state index is 0.0532. The maximum Gasteiger partial charge on any atom is 0.513 e. The summed E-state index contributed by atoms with van der Waals surface area (Å²) in [5.41, 5.74) is 23.5. The van der Waals surface area contributed by atoms with Crippen molar-refractivity contribution in [3.05, 3.63) is 327 Å². The van der Waals surface area contributed by atoms with Crippen LogP contribution in [0.15, 0.2) is 170 Å². The highest BCUT2D eigenvalue weighted by atomic mass is 16.7. The van der Waals surface area contributed by atoms with E-state index >= 15 is 0 Å². The van der Waals surface area contributed by atoms with Crippen molar-refractivity contribution in [3.63, 3.8) is 0 Å². The minimum Gasteiger partial charge on any atom is -0.491 e. The second kappa shape index (κ2) is 47.1. The summed E-state index contributed by atoms with van der Waals surface area (Å²) in [6, 6.07) is 50.4. The van der Waals surface area contributed by atoms with E-state index in [1.165, 1.54) is 0 Å². The second-order valence-corrected chi connectivity index (χ2v) is 37.6. The first-order valence-electron chi connectivity index (χ1n) is 49.1. The summed E-state index contributed by atoms with van der Waals surface area (Å²) in [6.07, 6.45) is -1.49. The molecule has 0 spiro atoms. The summed E-state index contributed by atoms with van der Waals surface area (Å²) in [4.78, 5) is 156. The monoisotopic (exact) mass is 2020 g/mol. The highest BCUT2D eigenvalue weighted by molar-refractivity contribution is 6.43. The number of nitrogens with one attached hydrogen (secondary N) is 4. The standard InChI is InChI=1S/C116H120N8O25/c1-65-41-77(13)117-95(65)53-91-87-25-17-21-29-99(87)121(107(91)125)111(129)144-57-81-45-69(5)103(70(6)46-81)140-35-33-135-61-85(138-37-39-142-115(133)148-105-73(9)49-83(50-74(105)10)59-146-113(131)123-101-31-23-19-27-89(101)93(109(123)127)55-97-67(3)43-79(15)119-97)63-137-64-86(62-136-34-36-141-104-71(7)47-82(48-72(104)8)58-145-112(130)122-100-30-22-18-26-88(100)92(108(122)126)54-96-66(2)42-78(14)118-96)139-38-40-143-116(134)149-106-75(11)51-84(52-76(106)12)60-147-114(132)124-102-32-24-20-28-90(102)94(110(124)128)56-98-68(4)44-80(16)120-98/h17-32,41-53,55-56,85-86,92,117-120H,33-40,54,57-64H2,1-16H3/b91-53-,93-55-,94-56-. The predicted molar refractivity (Wildman–Crippen MR) is 558 cm³/mol. The summed E-state index contributed by atoms with van der Waals surface area (Å²) in [5.74, 6) is -0.989. The van der Waals surface area contributed by atoms with Crippen molar-refractivity contribution in [3.8, 4) is 23.0 Å². The summed E-state index contributed by atoms with van der Waals surface area (Å²) in [7, 11) is 0. The molecule has 33 nitrogen and oxygen atoms in total. The molecule has 16 rings (SSSR count). The average Bonchev–Trinajstić information content (AvgIpc) is 1.62. The van der Waals surface area contributed by atoms with Crippen LogP contribution in [-0.2, 0) is 104 Å². The summed E-state index contributed by atoms with van der Waals surface area (Å²) >= 11 is 0. The van der Waals surface area contributed by atoms with Crippen LogP contribution >= 0.6 is 0 Å². The maximum absolute atomic E-state index is 14.1. The molecule has 8 aromatic carbocycles. The topological polar surface area (TPSA) is 385 Å². The van der Waals surface area contributed by atoms with Gasteiger partial charge in [-0.2, -0.15) is 0 Å². The quantitative estimate of drug-likeness (QED) is 0.00914. The number of aromatic amines is 4. The van der Waals surface area contributed by atoms with Crippen LogP contribution in [0.1, 0.15) is 163 Å². The smallest absolute Gasteiger partial charge is 0.491 e. The Bertz CT molecular complexity index is 7170. The number of carbonyl (C=O) groups is 10. The molecule has 8 heterocycles. The molecule has 4 N–H and O–H groups in total. The summed E-state index contributed by atoms with van der Waals surface area (Å²) < 4.78 is 90.1. The molecule has 8 amide bonds. The first-order chi connectivity index (χ1) is 71.6. The van der Waals surface area contributed by atoms with E-state index in [1.54, 1.807) is 149 Å². The number of aromatic nitrogens is 4. The van der Waals surface area contributed by atoms with E-state index in [4.69, 9.17) is 71.1 Å². The fraction of sp³-hybridized carbons (Fsp3) is 0.310. The van der Waals surface area contributed by atoms with Gasteiger partial charge in [-0.25, -0.2) is 48.4 Å². The molecule has 4 aliphatic rings. The van der Waals surface area contributed by atoms with Crippen molar-refractivity contribution in [2.24, 2.45) is 0 Å². The molecule has 149 heavy (non-hydrogen) atoms. The lowest BCUT2D eigenvalue weighted by Gasteiger charge is -2.22. The maximum atomic E-state index is 14.1. The molecule has 0 bridgehead atoms. The van der Waals surface area contributed by atoms with Crippen LogP contribution in [0.5, 0.6) is 23.0 Å². The molecule has 12 aromatic rings. The third kappa shape index (κ3) is 24.7. The number of aryl methyl sites for hydroxylation is 16. The Morgan fingerprint density at radius 1 is 0.309 bits per heavy atom. The lowest BCUT2D eigenvalue weighted by Crippen LogP contribution is -2.36. The Labute approximate surface area is 862 Å². The molecule has 774 valence electrons. The minimum atomic E-state index is -1.04. The zero-order chi connectivity index (χ0) is 106. The Kier molecular flexibility index (Phi) is 33.4. The molecular weight excluding hydrogens is 1910 g/mol. The fourth-order valence-electron chi connectivity index (χ4n) is 19.3. The molecule has 3 unspecified atom stereocenters. The molecule has 0 aliphatic carbocycles. The number of benzene rings is 8. The molecule has 4 aliphatic heterocycles. The largest absolute Gasteiger partial charge is 0.513 e. The number of para-hydroxylation sites is 4. The number of imide groups is 4. The van der Waals surface area contributed by atoms with Gasteiger partial charge in [0.2, 0.25) is 5.91 Å². The number of amides is 8. The molecule has 0 fully saturated rings. The number of carbonyl (C=O) groups excluding carboxylic acids is 10. The van der Waals surface area contributed by atoms with Crippen LogP contribution in [0.4, 0.5) is 51.5 Å². The first-order valence-corrected chi connectivity index (χ1v) is 49.1. The van der Waals surface area contributed by atoms with Gasteiger partial charge in [0.1, 0.15) is 88.1 Å². The third-order valence-electron chi connectivity index (χ3n) is 25.9. The second-order valence-electron chi connectivity index (χ2n) is 37.6. The van der Waals surface area contributed by atoms with Gasteiger partial charge in [-0.15, -0.1) is 0 Å². The lowest BCUT2D eigenvalue weighted by molar-refractivity contribution is -0.119. The summed E-state index contributed by atoms with van der Waals surface area (Å²) in [5, 5.41) is 0.